The molecule has 0 unspecified atom stereocenters. The summed E-state index contributed by atoms with van der Waals surface area (Å²) in [6.45, 7) is 1.51. The number of hydrogen-bond acceptors (Lipinski definition) is 8. The monoisotopic (exact) mass is 403 g/mol. The van der Waals surface area contributed by atoms with E-state index in [0.29, 0.717) is 11.3 Å². The number of halogens is 1. The number of nitro groups is 1. The van der Waals surface area contributed by atoms with Crippen LogP contribution in [-0.4, -0.2) is 28.2 Å². The minimum Gasteiger partial charge on any atom is -0.497 e. The van der Waals surface area contributed by atoms with Gasteiger partial charge in [-0.3, -0.25) is 10.1 Å². The van der Waals surface area contributed by atoms with Gasteiger partial charge in [0, 0.05) is 16.7 Å². The highest BCUT2D eigenvalue weighted by Gasteiger charge is 2.26. The Morgan fingerprint density at radius 2 is 1.93 bits per heavy atom. The quantitative estimate of drug-likeness (QED) is 0.341. The second-order valence-electron chi connectivity index (χ2n) is 5.64. The molecule has 1 heterocycles. The van der Waals surface area contributed by atoms with E-state index < -0.39 is 22.7 Å². The lowest BCUT2D eigenvalue weighted by Gasteiger charge is -2.09. The first-order chi connectivity index (χ1) is 13.4. The molecule has 9 nitrogen and oxygen atoms in total. The second kappa shape index (κ2) is 8.05. The Kier molecular flexibility index (Phi) is 5.55. The van der Waals surface area contributed by atoms with Crippen molar-refractivity contribution in [2.24, 2.45) is 0 Å². The summed E-state index contributed by atoms with van der Waals surface area (Å²) in [6, 6.07) is 10.6. The highest BCUT2D eigenvalue weighted by Crippen LogP contribution is 2.27. The van der Waals surface area contributed by atoms with Crippen LogP contribution in [0.25, 0.3) is 11.5 Å². The van der Waals surface area contributed by atoms with E-state index in [1.54, 1.807) is 31.4 Å². The van der Waals surface area contributed by atoms with E-state index in [4.69, 9.17) is 25.5 Å². The molecule has 0 spiro atoms. The molecule has 0 radical (unpaired) electrons. The van der Waals surface area contributed by atoms with Crippen LogP contribution in [0.1, 0.15) is 29.3 Å². The first kappa shape index (κ1) is 19.3. The molecule has 0 aliphatic carbocycles. The van der Waals surface area contributed by atoms with Crippen LogP contribution in [0.4, 0.5) is 5.69 Å². The topological polar surface area (TPSA) is 118 Å². The highest BCUT2D eigenvalue weighted by molar-refractivity contribution is 6.31. The number of methoxy groups -OCH3 is 1. The van der Waals surface area contributed by atoms with E-state index >= 15 is 0 Å². The van der Waals surface area contributed by atoms with E-state index in [2.05, 4.69) is 10.2 Å². The SMILES string of the molecule is COc1ccc(-c2nnc([C@@H](C)OC(=O)c3cc(Cl)ccc3[N+](=O)[O-])o2)cc1. The van der Waals surface area contributed by atoms with Gasteiger partial charge in [-0.1, -0.05) is 11.6 Å². The van der Waals surface area contributed by atoms with Gasteiger partial charge in [0.15, 0.2) is 6.10 Å². The number of carbonyl (C=O) groups is 1. The fourth-order valence-electron chi connectivity index (χ4n) is 2.35. The van der Waals surface area contributed by atoms with E-state index in [0.717, 1.165) is 6.07 Å². The molecule has 1 aromatic heterocycles. The van der Waals surface area contributed by atoms with E-state index in [1.165, 1.54) is 19.1 Å². The lowest BCUT2D eigenvalue weighted by atomic mass is 10.2. The minimum absolute atomic E-state index is 0.0452. The zero-order chi connectivity index (χ0) is 20.3. The Labute approximate surface area is 164 Å². The maximum Gasteiger partial charge on any atom is 0.345 e. The van der Waals surface area contributed by atoms with Crippen LogP contribution < -0.4 is 4.74 Å². The zero-order valence-corrected chi connectivity index (χ0v) is 15.5. The average molecular weight is 404 g/mol. The van der Waals surface area contributed by atoms with Gasteiger partial charge in [0.05, 0.1) is 12.0 Å². The van der Waals surface area contributed by atoms with Crippen LogP contribution in [-0.2, 0) is 4.74 Å². The number of benzene rings is 2. The highest BCUT2D eigenvalue weighted by atomic mass is 35.5. The number of nitrogens with zero attached hydrogens (tertiary/aromatic N) is 3. The molecule has 3 rings (SSSR count). The molecule has 3 aromatic rings. The Morgan fingerprint density at radius 1 is 1.21 bits per heavy atom. The molecule has 0 bridgehead atoms. The van der Waals surface area contributed by atoms with Crippen molar-refractivity contribution in [1.29, 1.82) is 0 Å². The third kappa shape index (κ3) is 4.09. The zero-order valence-electron chi connectivity index (χ0n) is 14.8. The fourth-order valence-corrected chi connectivity index (χ4v) is 2.53. The normalized spacial score (nSPS) is 11.7. The standard InChI is InChI=1S/C18H14ClN3O6/c1-10(27-18(23)14-9-12(19)5-8-15(14)22(24)25)16-20-21-17(28-16)11-3-6-13(26-2)7-4-11/h3-10H,1-2H3/t10-/m1/s1. The number of esters is 1. The van der Waals surface area contributed by atoms with Crippen LogP contribution in [0.2, 0.25) is 5.02 Å². The van der Waals surface area contributed by atoms with Crippen molar-refractivity contribution in [2.75, 3.05) is 7.11 Å². The second-order valence-corrected chi connectivity index (χ2v) is 6.08. The molecule has 0 saturated carbocycles. The van der Waals surface area contributed by atoms with Crippen LogP contribution in [0.5, 0.6) is 5.75 Å². The van der Waals surface area contributed by atoms with Crippen LogP contribution in [0.15, 0.2) is 46.9 Å². The number of ether oxygens (including phenoxy) is 2. The summed E-state index contributed by atoms with van der Waals surface area (Å²) in [5, 5.41) is 19.1. The molecule has 0 saturated heterocycles. The van der Waals surface area contributed by atoms with Gasteiger partial charge in [-0.2, -0.15) is 0 Å². The van der Waals surface area contributed by atoms with Crippen molar-refractivity contribution in [3.05, 3.63) is 69.1 Å². The molecule has 0 amide bonds. The summed E-state index contributed by atoms with van der Waals surface area (Å²) in [6.07, 6.45) is -0.925. The summed E-state index contributed by atoms with van der Waals surface area (Å²) in [4.78, 5) is 22.8. The van der Waals surface area contributed by atoms with Gasteiger partial charge < -0.3 is 13.9 Å². The Bertz CT molecular complexity index is 1020. The summed E-state index contributed by atoms with van der Waals surface area (Å²) in [5.74, 6) is 0.0259. The molecule has 0 fully saturated rings. The number of aromatic nitrogens is 2. The van der Waals surface area contributed by atoms with E-state index in [1.807, 2.05) is 0 Å². The van der Waals surface area contributed by atoms with Crippen LogP contribution in [0.3, 0.4) is 0 Å². The van der Waals surface area contributed by atoms with Gasteiger partial charge >= 0.3 is 5.97 Å². The lowest BCUT2D eigenvalue weighted by Crippen LogP contribution is -2.11. The molecule has 10 heteroatoms. The summed E-state index contributed by atoms with van der Waals surface area (Å²) < 4.78 is 15.9. The van der Waals surface area contributed by atoms with Crippen molar-refractivity contribution in [2.45, 2.75) is 13.0 Å². The Balaban J connectivity index is 1.77. The van der Waals surface area contributed by atoms with Crippen LogP contribution >= 0.6 is 11.6 Å². The molecular formula is C18H14ClN3O6. The van der Waals surface area contributed by atoms with Crippen molar-refractivity contribution in [3.63, 3.8) is 0 Å². The van der Waals surface area contributed by atoms with Gasteiger partial charge in [-0.05, 0) is 43.3 Å². The molecule has 0 aliphatic heterocycles. The number of rotatable bonds is 6. The van der Waals surface area contributed by atoms with Crippen molar-refractivity contribution >= 4 is 23.3 Å². The molecule has 2 aromatic carbocycles. The Morgan fingerprint density at radius 3 is 2.57 bits per heavy atom. The van der Waals surface area contributed by atoms with Crippen molar-refractivity contribution in [1.82, 2.24) is 10.2 Å². The lowest BCUT2D eigenvalue weighted by molar-refractivity contribution is -0.385. The molecular weight excluding hydrogens is 390 g/mol. The third-order valence-corrected chi connectivity index (χ3v) is 4.02. The van der Waals surface area contributed by atoms with Gasteiger partial charge in [-0.15, -0.1) is 10.2 Å². The Hall–Kier alpha value is -3.46. The molecule has 28 heavy (non-hydrogen) atoms. The first-order valence-corrected chi connectivity index (χ1v) is 8.39. The fraction of sp³-hybridized carbons (Fsp3) is 0.167. The van der Waals surface area contributed by atoms with E-state index in [-0.39, 0.29) is 22.4 Å². The van der Waals surface area contributed by atoms with Crippen molar-refractivity contribution < 1.29 is 23.6 Å². The maximum atomic E-state index is 12.4. The van der Waals surface area contributed by atoms with Gasteiger partial charge in [0.25, 0.3) is 11.6 Å². The van der Waals surface area contributed by atoms with Gasteiger partial charge in [-0.25, -0.2) is 4.79 Å². The minimum atomic E-state index is -0.925. The number of nitro benzene ring substituents is 1. The average Bonchev–Trinajstić information content (AvgIpc) is 3.18. The third-order valence-electron chi connectivity index (χ3n) is 3.78. The molecule has 0 N–H and O–H groups in total. The smallest absolute Gasteiger partial charge is 0.345 e. The molecule has 1 atom stereocenters. The van der Waals surface area contributed by atoms with Gasteiger partial charge in [0.2, 0.25) is 5.89 Å². The van der Waals surface area contributed by atoms with Crippen molar-refractivity contribution in [3.8, 4) is 17.2 Å². The number of carbonyl (C=O) groups excluding carboxylic acids is 1. The summed E-state index contributed by atoms with van der Waals surface area (Å²) in [5.41, 5.74) is -0.0196. The predicted molar refractivity (Wildman–Crippen MR) is 98.2 cm³/mol. The largest absolute Gasteiger partial charge is 0.497 e. The maximum absolute atomic E-state index is 12.4. The molecule has 0 aliphatic rings. The van der Waals surface area contributed by atoms with Crippen LogP contribution in [0, 0.1) is 10.1 Å². The predicted octanol–water partition coefficient (Wildman–Crippen LogP) is 4.22. The molecule has 144 valence electrons. The van der Waals surface area contributed by atoms with Gasteiger partial charge in [0.1, 0.15) is 11.3 Å². The number of hydrogen-bond donors (Lipinski definition) is 0. The summed E-state index contributed by atoms with van der Waals surface area (Å²) in [7, 11) is 1.56. The summed E-state index contributed by atoms with van der Waals surface area (Å²) >= 11 is 5.83. The first-order valence-electron chi connectivity index (χ1n) is 8.01. The van der Waals surface area contributed by atoms with E-state index in [9.17, 15) is 14.9 Å².